The van der Waals surface area contributed by atoms with E-state index >= 15 is 0 Å². The van der Waals surface area contributed by atoms with Crippen molar-refractivity contribution in [1.29, 1.82) is 0 Å². The first-order valence-electron chi connectivity index (χ1n) is 8.29. The largest absolute Gasteiger partial charge is 0.497 e. The van der Waals surface area contributed by atoms with E-state index < -0.39 is 5.82 Å². The molecule has 142 valence electrons. The van der Waals surface area contributed by atoms with Crippen molar-refractivity contribution in [2.75, 3.05) is 14.2 Å². The summed E-state index contributed by atoms with van der Waals surface area (Å²) in [5.41, 5.74) is 0.903. The Hall–Kier alpha value is -3.75. The van der Waals surface area contributed by atoms with Crippen LogP contribution in [-0.4, -0.2) is 34.6 Å². The van der Waals surface area contributed by atoms with Crippen LogP contribution >= 0.6 is 0 Å². The number of rotatable bonds is 6. The summed E-state index contributed by atoms with van der Waals surface area (Å²) in [6, 6.07) is 11.4. The van der Waals surface area contributed by atoms with Gasteiger partial charge in [-0.1, -0.05) is 17.3 Å². The second-order valence-corrected chi connectivity index (χ2v) is 5.77. The predicted octanol–water partition coefficient (Wildman–Crippen LogP) is 3.53. The Morgan fingerprint density at radius 2 is 1.71 bits per heavy atom. The van der Waals surface area contributed by atoms with Crippen molar-refractivity contribution in [3.63, 3.8) is 0 Å². The zero-order valence-corrected chi connectivity index (χ0v) is 15.0. The zero-order valence-electron chi connectivity index (χ0n) is 15.0. The van der Waals surface area contributed by atoms with Crippen LogP contribution in [0.15, 0.2) is 51.4 Å². The summed E-state index contributed by atoms with van der Waals surface area (Å²) in [7, 11) is 3.11. The van der Waals surface area contributed by atoms with Crippen molar-refractivity contribution in [3.8, 4) is 34.3 Å². The molecule has 0 unspecified atom stereocenters. The Bertz CT molecular complexity index is 1090. The van der Waals surface area contributed by atoms with Crippen LogP contribution in [-0.2, 0) is 6.42 Å². The molecular weight excluding hydrogens is 367 g/mol. The van der Waals surface area contributed by atoms with E-state index in [-0.39, 0.29) is 29.6 Å². The smallest absolute Gasteiger partial charge is 0.248 e. The maximum Gasteiger partial charge on any atom is 0.248 e. The molecule has 0 saturated carbocycles. The molecule has 4 rings (SSSR count). The quantitative estimate of drug-likeness (QED) is 0.500. The molecule has 0 aliphatic carbocycles. The van der Waals surface area contributed by atoms with E-state index in [4.69, 9.17) is 18.4 Å². The molecule has 9 heteroatoms. The molecule has 0 aliphatic heterocycles. The fourth-order valence-electron chi connectivity index (χ4n) is 2.58. The van der Waals surface area contributed by atoms with Gasteiger partial charge in [0.05, 0.1) is 19.8 Å². The summed E-state index contributed by atoms with van der Waals surface area (Å²) in [4.78, 5) is 4.19. The van der Waals surface area contributed by atoms with E-state index in [0.29, 0.717) is 23.0 Å². The number of methoxy groups -OCH3 is 2. The first-order chi connectivity index (χ1) is 13.7. The minimum atomic E-state index is -0.429. The van der Waals surface area contributed by atoms with E-state index in [2.05, 4.69) is 20.3 Å². The summed E-state index contributed by atoms with van der Waals surface area (Å²) in [5, 5.41) is 11.8. The summed E-state index contributed by atoms with van der Waals surface area (Å²) >= 11 is 0. The summed E-state index contributed by atoms with van der Waals surface area (Å²) in [6.07, 6.45) is 0.121. The Kier molecular flexibility index (Phi) is 4.71. The number of aromatic nitrogens is 4. The third-order valence-electron chi connectivity index (χ3n) is 3.95. The lowest BCUT2D eigenvalue weighted by Gasteiger charge is -2.05. The molecule has 0 saturated heterocycles. The average Bonchev–Trinajstić information content (AvgIpc) is 3.38. The van der Waals surface area contributed by atoms with Crippen LogP contribution in [0.5, 0.6) is 11.5 Å². The van der Waals surface area contributed by atoms with Gasteiger partial charge in [0.25, 0.3) is 0 Å². The molecule has 2 aromatic carbocycles. The van der Waals surface area contributed by atoms with Gasteiger partial charge in [0.2, 0.25) is 23.5 Å². The van der Waals surface area contributed by atoms with Gasteiger partial charge in [0.1, 0.15) is 23.7 Å². The highest BCUT2D eigenvalue weighted by Crippen LogP contribution is 2.29. The van der Waals surface area contributed by atoms with Crippen molar-refractivity contribution in [2.24, 2.45) is 0 Å². The molecular formula is C19H15FN4O4. The molecule has 0 atom stereocenters. The molecule has 28 heavy (non-hydrogen) atoms. The molecule has 0 amide bonds. The van der Waals surface area contributed by atoms with Crippen molar-refractivity contribution in [3.05, 3.63) is 60.1 Å². The standard InChI is InChI=1S/C19H15FN4O4/c1-25-12-7-11(8-13(9-12)26-2)19-23-22-17(27-19)10-16-21-18(24-28-16)14-5-3-4-6-15(14)20/h3-9H,10H2,1-2H3. The maximum absolute atomic E-state index is 13.8. The fourth-order valence-corrected chi connectivity index (χ4v) is 2.58. The number of halogens is 1. The third-order valence-corrected chi connectivity index (χ3v) is 3.95. The molecule has 0 bridgehead atoms. The maximum atomic E-state index is 13.8. The molecule has 0 fully saturated rings. The van der Waals surface area contributed by atoms with Gasteiger partial charge in [-0.3, -0.25) is 0 Å². The third kappa shape index (κ3) is 3.54. The van der Waals surface area contributed by atoms with Gasteiger partial charge in [0.15, 0.2) is 0 Å². The molecule has 0 N–H and O–H groups in total. The van der Waals surface area contributed by atoms with Crippen LogP contribution in [0, 0.1) is 5.82 Å². The van der Waals surface area contributed by atoms with Gasteiger partial charge in [-0.2, -0.15) is 4.98 Å². The highest BCUT2D eigenvalue weighted by atomic mass is 19.1. The van der Waals surface area contributed by atoms with E-state index in [0.717, 1.165) is 0 Å². The van der Waals surface area contributed by atoms with Gasteiger partial charge < -0.3 is 18.4 Å². The first kappa shape index (κ1) is 17.7. The van der Waals surface area contributed by atoms with E-state index in [1.807, 2.05) is 0 Å². The van der Waals surface area contributed by atoms with Crippen molar-refractivity contribution in [1.82, 2.24) is 20.3 Å². The lowest BCUT2D eigenvalue weighted by atomic mass is 10.2. The Morgan fingerprint density at radius 1 is 0.964 bits per heavy atom. The summed E-state index contributed by atoms with van der Waals surface area (Å²) < 4.78 is 35.2. The fraction of sp³-hybridized carbons (Fsp3) is 0.158. The van der Waals surface area contributed by atoms with E-state index in [9.17, 15) is 4.39 Å². The molecule has 8 nitrogen and oxygen atoms in total. The monoisotopic (exact) mass is 382 g/mol. The lowest BCUT2D eigenvalue weighted by Crippen LogP contribution is -1.90. The van der Waals surface area contributed by atoms with Crippen LogP contribution in [0.2, 0.25) is 0 Å². The van der Waals surface area contributed by atoms with E-state index in [1.165, 1.54) is 6.07 Å². The van der Waals surface area contributed by atoms with Crippen LogP contribution in [0.3, 0.4) is 0 Å². The van der Waals surface area contributed by atoms with E-state index in [1.54, 1.807) is 50.6 Å². The van der Waals surface area contributed by atoms with Crippen molar-refractivity contribution in [2.45, 2.75) is 6.42 Å². The number of hydrogen-bond donors (Lipinski definition) is 0. The predicted molar refractivity (Wildman–Crippen MR) is 95.3 cm³/mol. The van der Waals surface area contributed by atoms with Gasteiger partial charge in [0, 0.05) is 11.6 Å². The molecule has 2 aromatic heterocycles. The average molecular weight is 382 g/mol. The Labute approximate surface area is 158 Å². The zero-order chi connectivity index (χ0) is 19.5. The van der Waals surface area contributed by atoms with Crippen molar-refractivity contribution < 1.29 is 22.8 Å². The number of ether oxygens (including phenoxy) is 2. The second kappa shape index (κ2) is 7.47. The minimum Gasteiger partial charge on any atom is -0.497 e. The topological polar surface area (TPSA) is 96.3 Å². The molecule has 2 heterocycles. The molecule has 0 spiro atoms. The van der Waals surface area contributed by atoms with Gasteiger partial charge in [-0.05, 0) is 24.3 Å². The first-order valence-corrected chi connectivity index (χ1v) is 8.29. The molecule has 4 aromatic rings. The lowest BCUT2D eigenvalue weighted by molar-refractivity contribution is 0.373. The highest BCUT2D eigenvalue weighted by molar-refractivity contribution is 5.59. The van der Waals surface area contributed by atoms with Crippen LogP contribution in [0.1, 0.15) is 11.8 Å². The van der Waals surface area contributed by atoms with Crippen LogP contribution in [0.25, 0.3) is 22.8 Å². The molecule has 0 radical (unpaired) electrons. The second-order valence-electron chi connectivity index (χ2n) is 5.77. The van der Waals surface area contributed by atoms with Gasteiger partial charge in [-0.25, -0.2) is 4.39 Å². The minimum absolute atomic E-state index is 0.121. The Morgan fingerprint density at radius 3 is 2.43 bits per heavy atom. The van der Waals surface area contributed by atoms with Crippen molar-refractivity contribution >= 4 is 0 Å². The number of nitrogens with zero attached hydrogens (tertiary/aromatic N) is 4. The molecule has 0 aliphatic rings. The summed E-state index contributed by atoms with van der Waals surface area (Å²) in [6.45, 7) is 0. The van der Waals surface area contributed by atoms with Gasteiger partial charge >= 0.3 is 0 Å². The number of benzene rings is 2. The van der Waals surface area contributed by atoms with Crippen LogP contribution in [0.4, 0.5) is 4.39 Å². The number of hydrogen-bond acceptors (Lipinski definition) is 8. The highest BCUT2D eigenvalue weighted by Gasteiger charge is 2.17. The normalized spacial score (nSPS) is 10.8. The van der Waals surface area contributed by atoms with Gasteiger partial charge in [-0.15, -0.1) is 10.2 Å². The SMILES string of the molecule is COc1cc(OC)cc(-c2nnc(Cc3nc(-c4ccccc4F)no3)o2)c1. The summed E-state index contributed by atoms with van der Waals surface area (Å²) in [5.74, 6) is 1.73. The van der Waals surface area contributed by atoms with Crippen LogP contribution < -0.4 is 9.47 Å². The Balaban J connectivity index is 1.56.